The van der Waals surface area contributed by atoms with Crippen molar-refractivity contribution in [2.45, 2.75) is 5.16 Å². The van der Waals surface area contributed by atoms with Gasteiger partial charge < -0.3 is 14.0 Å². The van der Waals surface area contributed by atoms with E-state index < -0.39 is 5.97 Å². The van der Waals surface area contributed by atoms with E-state index in [1.54, 1.807) is 11.7 Å². The third-order valence-corrected chi connectivity index (χ3v) is 5.38. The largest absolute Gasteiger partial charge is 0.497 e. The summed E-state index contributed by atoms with van der Waals surface area (Å²) in [7, 11) is 4.73. The fourth-order valence-corrected chi connectivity index (χ4v) is 3.32. The molecule has 0 aliphatic rings. The summed E-state index contributed by atoms with van der Waals surface area (Å²) in [6.45, 7) is 0. The number of hydrazone groups is 1. The van der Waals surface area contributed by atoms with E-state index in [2.05, 4.69) is 36.7 Å². The number of thioether (sulfide) groups is 1. The maximum atomic E-state index is 12.2. The summed E-state index contributed by atoms with van der Waals surface area (Å²) >= 11 is 4.44. The molecular weight excluding hydrogens is 458 g/mol. The van der Waals surface area contributed by atoms with Gasteiger partial charge in [-0.2, -0.15) is 5.10 Å². The van der Waals surface area contributed by atoms with Gasteiger partial charge >= 0.3 is 5.97 Å². The molecule has 10 heteroatoms. The van der Waals surface area contributed by atoms with Crippen LogP contribution in [0.3, 0.4) is 0 Å². The van der Waals surface area contributed by atoms with Crippen LogP contribution in [-0.2, 0) is 16.6 Å². The Morgan fingerprint density at radius 3 is 2.41 bits per heavy atom. The Labute approximate surface area is 180 Å². The summed E-state index contributed by atoms with van der Waals surface area (Å²) in [5.74, 6) is 0.832. The van der Waals surface area contributed by atoms with Gasteiger partial charge in [0.25, 0.3) is 0 Å². The van der Waals surface area contributed by atoms with Crippen LogP contribution in [0, 0.1) is 0 Å². The highest BCUT2D eigenvalue weighted by atomic mass is 79.9. The van der Waals surface area contributed by atoms with E-state index in [1.165, 1.54) is 7.11 Å². The molecule has 0 unspecified atom stereocenters. The average molecular weight is 476 g/mol. The molecule has 1 N–H and O–H groups in total. The number of carbonyl (C=O) groups is 1. The van der Waals surface area contributed by atoms with Gasteiger partial charge in [-0.25, -0.2) is 4.79 Å². The van der Waals surface area contributed by atoms with Gasteiger partial charge in [-0.1, -0.05) is 15.9 Å². The number of aromatic nitrogens is 3. The number of nitrogens with zero attached hydrogens (tertiary/aromatic N) is 4. The first-order chi connectivity index (χ1) is 14.0. The van der Waals surface area contributed by atoms with Crippen LogP contribution < -0.4 is 10.2 Å². The number of methoxy groups -OCH3 is 2. The monoisotopic (exact) mass is 475 g/mol. The number of anilines is 1. The summed E-state index contributed by atoms with van der Waals surface area (Å²) in [6, 6.07) is 14.9. The van der Waals surface area contributed by atoms with E-state index in [1.807, 2.05) is 55.6 Å². The summed E-state index contributed by atoms with van der Waals surface area (Å²) in [5.41, 5.74) is 4.45. The van der Waals surface area contributed by atoms with Gasteiger partial charge in [-0.15, -0.1) is 10.2 Å². The Morgan fingerprint density at radius 1 is 1.10 bits per heavy atom. The van der Waals surface area contributed by atoms with Crippen LogP contribution >= 0.6 is 27.7 Å². The Kier molecular flexibility index (Phi) is 6.89. The normalized spacial score (nSPS) is 11.2. The lowest BCUT2D eigenvalue weighted by molar-refractivity contribution is -0.132. The number of rotatable bonds is 5. The molecule has 0 amide bonds. The van der Waals surface area contributed by atoms with Crippen molar-refractivity contribution in [1.82, 2.24) is 14.8 Å². The lowest BCUT2D eigenvalue weighted by Gasteiger charge is -2.07. The van der Waals surface area contributed by atoms with Gasteiger partial charge in [0.2, 0.25) is 5.04 Å². The summed E-state index contributed by atoms with van der Waals surface area (Å²) in [4.78, 5) is 12.2. The van der Waals surface area contributed by atoms with Crippen LogP contribution in [0.25, 0.3) is 11.4 Å². The molecule has 1 aromatic heterocycles. The van der Waals surface area contributed by atoms with Gasteiger partial charge in [0.1, 0.15) is 5.75 Å². The quantitative estimate of drug-likeness (QED) is 0.196. The molecule has 3 rings (SSSR count). The molecule has 1 heterocycles. The van der Waals surface area contributed by atoms with Crippen molar-refractivity contribution in [2.24, 2.45) is 12.1 Å². The standard InChI is InChI=1S/C19H18BrN5O3S/c1-25-16(12-4-10-15(27-2)11-5-12)22-24-19(25)29-17(18(26)28-3)23-21-14-8-6-13(20)7-9-14/h4-11,21H,1-3H3. The van der Waals surface area contributed by atoms with Crippen LogP contribution in [0.1, 0.15) is 0 Å². The predicted octanol–water partition coefficient (Wildman–Crippen LogP) is 3.94. The Bertz CT molecular complexity index is 1020. The van der Waals surface area contributed by atoms with Crippen molar-refractivity contribution in [3.63, 3.8) is 0 Å². The second-order valence-electron chi connectivity index (χ2n) is 5.72. The van der Waals surface area contributed by atoms with Crippen molar-refractivity contribution in [1.29, 1.82) is 0 Å². The number of ether oxygens (including phenoxy) is 2. The molecule has 150 valence electrons. The molecule has 0 atom stereocenters. The summed E-state index contributed by atoms with van der Waals surface area (Å²) in [5, 5.41) is 13.2. The zero-order chi connectivity index (χ0) is 20.8. The molecular formula is C19H18BrN5O3S. The number of carbonyl (C=O) groups excluding carboxylic acids is 1. The van der Waals surface area contributed by atoms with Gasteiger partial charge in [-0.3, -0.25) is 5.43 Å². The van der Waals surface area contributed by atoms with Crippen LogP contribution in [0.5, 0.6) is 5.75 Å². The first-order valence-electron chi connectivity index (χ1n) is 8.41. The minimum absolute atomic E-state index is 0.104. The molecule has 0 saturated heterocycles. The van der Waals surface area contributed by atoms with Crippen molar-refractivity contribution >= 4 is 44.4 Å². The molecule has 29 heavy (non-hydrogen) atoms. The molecule has 0 bridgehead atoms. The van der Waals surface area contributed by atoms with E-state index >= 15 is 0 Å². The Morgan fingerprint density at radius 2 is 1.79 bits per heavy atom. The first-order valence-corrected chi connectivity index (χ1v) is 10.0. The predicted molar refractivity (Wildman–Crippen MR) is 116 cm³/mol. The molecule has 3 aromatic rings. The number of nitrogens with one attached hydrogen (secondary N) is 1. The number of hydrogen-bond acceptors (Lipinski definition) is 8. The lowest BCUT2D eigenvalue weighted by Crippen LogP contribution is -2.15. The summed E-state index contributed by atoms with van der Waals surface area (Å²) < 4.78 is 12.7. The van der Waals surface area contributed by atoms with Crippen LogP contribution in [-0.4, -0.2) is 40.0 Å². The van der Waals surface area contributed by atoms with Gasteiger partial charge in [0.15, 0.2) is 11.0 Å². The maximum absolute atomic E-state index is 12.2. The molecule has 2 aromatic carbocycles. The Hall–Kier alpha value is -2.85. The number of esters is 1. The van der Waals surface area contributed by atoms with Crippen LogP contribution in [0.15, 0.2) is 63.3 Å². The minimum atomic E-state index is -0.575. The van der Waals surface area contributed by atoms with Gasteiger partial charge in [0.05, 0.1) is 19.9 Å². The highest BCUT2D eigenvalue weighted by molar-refractivity contribution is 9.10. The smallest absolute Gasteiger partial charge is 0.365 e. The fourth-order valence-electron chi connectivity index (χ4n) is 2.32. The molecule has 0 aliphatic heterocycles. The van der Waals surface area contributed by atoms with Crippen molar-refractivity contribution in [3.8, 4) is 17.1 Å². The number of hydrogen-bond donors (Lipinski definition) is 1. The van der Waals surface area contributed by atoms with Crippen molar-refractivity contribution in [3.05, 3.63) is 53.0 Å². The summed E-state index contributed by atoms with van der Waals surface area (Å²) in [6.07, 6.45) is 0. The van der Waals surface area contributed by atoms with Crippen LogP contribution in [0.4, 0.5) is 5.69 Å². The van der Waals surface area contributed by atoms with Crippen molar-refractivity contribution < 1.29 is 14.3 Å². The molecule has 0 saturated carbocycles. The molecule has 8 nitrogen and oxygen atoms in total. The molecule has 0 aliphatic carbocycles. The van der Waals surface area contributed by atoms with Crippen LogP contribution in [0.2, 0.25) is 0 Å². The van der Waals surface area contributed by atoms with E-state index in [4.69, 9.17) is 9.47 Å². The second-order valence-corrected chi connectivity index (χ2v) is 7.59. The molecule has 0 fully saturated rings. The SMILES string of the molecule is COC(=O)C(=NNc1ccc(Br)cc1)Sc1nnc(-c2ccc(OC)cc2)n1C. The fraction of sp³-hybridized carbons (Fsp3) is 0.158. The third kappa shape index (κ3) is 5.15. The zero-order valence-electron chi connectivity index (χ0n) is 15.9. The van der Waals surface area contributed by atoms with Crippen molar-refractivity contribution in [2.75, 3.05) is 19.6 Å². The number of halogens is 1. The molecule has 0 spiro atoms. The topological polar surface area (TPSA) is 90.6 Å². The van der Waals surface area contributed by atoms with E-state index in [9.17, 15) is 4.79 Å². The van der Waals surface area contributed by atoms with Gasteiger partial charge in [-0.05, 0) is 60.3 Å². The average Bonchev–Trinajstić information content (AvgIpc) is 3.11. The Balaban J connectivity index is 1.82. The minimum Gasteiger partial charge on any atom is -0.497 e. The van der Waals surface area contributed by atoms with E-state index in [-0.39, 0.29) is 5.04 Å². The zero-order valence-corrected chi connectivity index (χ0v) is 18.3. The third-order valence-electron chi connectivity index (χ3n) is 3.86. The van der Waals surface area contributed by atoms with E-state index in [0.29, 0.717) is 11.0 Å². The highest BCUT2D eigenvalue weighted by Gasteiger charge is 2.20. The van der Waals surface area contributed by atoms with Gasteiger partial charge in [0, 0.05) is 17.1 Å². The lowest BCUT2D eigenvalue weighted by atomic mass is 10.2. The number of benzene rings is 2. The highest BCUT2D eigenvalue weighted by Crippen LogP contribution is 2.25. The first kappa shape index (κ1) is 20.9. The second kappa shape index (κ2) is 9.57. The molecule has 0 radical (unpaired) electrons. The van der Waals surface area contributed by atoms with E-state index in [0.717, 1.165) is 33.2 Å². The maximum Gasteiger partial charge on any atom is 0.365 e.